The molecule has 2 N–H and O–H groups in total. The molecule has 0 fully saturated rings. The largest absolute Gasteiger partial charge is 0.497 e. The van der Waals surface area contributed by atoms with E-state index in [1.165, 1.54) is 5.56 Å². The summed E-state index contributed by atoms with van der Waals surface area (Å²) in [5.74, 6) is 0.871. The Morgan fingerprint density at radius 2 is 2.06 bits per heavy atom. The lowest BCUT2D eigenvalue weighted by Crippen LogP contribution is -2.11. The number of aryl methyl sites for hydroxylation is 1. The molecule has 3 nitrogen and oxygen atoms in total. The highest BCUT2D eigenvalue weighted by Gasteiger charge is 2.10. The molecule has 2 aromatic rings. The molecule has 0 amide bonds. The molecule has 17 heavy (non-hydrogen) atoms. The van der Waals surface area contributed by atoms with Crippen molar-refractivity contribution < 1.29 is 4.74 Å². The van der Waals surface area contributed by atoms with Crippen LogP contribution in [0.1, 0.15) is 21.5 Å². The van der Waals surface area contributed by atoms with Crippen LogP contribution < -0.4 is 10.5 Å². The maximum absolute atomic E-state index is 6.15. The third-order valence-corrected chi connectivity index (χ3v) is 3.66. The SMILES string of the molecule is COc1ccc(CC(N)c2cnc(C)s2)cc1. The van der Waals surface area contributed by atoms with Gasteiger partial charge in [0.25, 0.3) is 0 Å². The van der Waals surface area contributed by atoms with Gasteiger partial charge < -0.3 is 10.5 Å². The summed E-state index contributed by atoms with van der Waals surface area (Å²) in [5.41, 5.74) is 7.36. The maximum Gasteiger partial charge on any atom is 0.118 e. The van der Waals surface area contributed by atoms with Gasteiger partial charge in [-0.25, -0.2) is 4.98 Å². The van der Waals surface area contributed by atoms with Crippen LogP contribution in [0.4, 0.5) is 0 Å². The summed E-state index contributed by atoms with van der Waals surface area (Å²) >= 11 is 1.66. The minimum absolute atomic E-state index is 0.0228. The van der Waals surface area contributed by atoms with Gasteiger partial charge in [-0.3, -0.25) is 0 Å². The van der Waals surface area contributed by atoms with Gasteiger partial charge in [0, 0.05) is 17.1 Å². The number of nitrogens with zero attached hydrogens (tertiary/aromatic N) is 1. The number of aromatic nitrogens is 1. The molecule has 0 bridgehead atoms. The van der Waals surface area contributed by atoms with Crippen LogP contribution in [0.25, 0.3) is 0 Å². The van der Waals surface area contributed by atoms with Crippen LogP contribution in [-0.4, -0.2) is 12.1 Å². The van der Waals surface area contributed by atoms with Crippen molar-refractivity contribution in [3.8, 4) is 5.75 Å². The van der Waals surface area contributed by atoms with Crippen molar-refractivity contribution in [3.05, 3.63) is 45.9 Å². The minimum atomic E-state index is 0.0228. The fourth-order valence-corrected chi connectivity index (χ4v) is 2.45. The second kappa shape index (κ2) is 5.29. The van der Waals surface area contributed by atoms with E-state index in [0.717, 1.165) is 22.1 Å². The number of thiazole rings is 1. The minimum Gasteiger partial charge on any atom is -0.497 e. The zero-order valence-corrected chi connectivity index (χ0v) is 10.8. The third-order valence-electron chi connectivity index (χ3n) is 2.62. The Morgan fingerprint density at radius 1 is 1.35 bits per heavy atom. The summed E-state index contributed by atoms with van der Waals surface area (Å²) in [4.78, 5) is 5.36. The summed E-state index contributed by atoms with van der Waals surface area (Å²) in [6.07, 6.45) is 2.69. The Kier molecular flexibility index (Phi) is 3.76. The van der Waals surface area contributed by atoms with E-state index in [0.29, 0.717) is 0 Å². The van der Waals surface area contributed by atoms with Gasteiger partial charge in [0.2, 0.25) is 0 Å². The number of methoxy groups -OCH3 is 1. The van der Waals surface area contributed by atoms with Crippen molar-refractivity contribution >= 4 is 11.3 Å². The van der Waals surface area contributed by atoms with E-state index in [-0.39, 0.29) is 6.04 Å². The molecule has 0 spiro atoms. The molecule has 4 heteroatoms. The number of benzene rings is 1. The first-order chi connectivity index (χ1) is 8.19. The van der Waals surface area contributed by atoms with Gasteiger partial charge in [-0.05, 0) is 31.0 Å². The number of hydrogen-bond donors (Lipinski definition) is 1. The van der Waals surface area contributed by atoms with Crippen molar-refractivity contribution in [1.29, 1.82) is 0 Å². The van der Waals surface area contributed by atoms with Crippen molar-refractivity contribution in [1.82, 2.24) is 4.98 Å². The van der Waals surface area contributed by atoms with Crippen molar-refractivity contribution in [3.63, 3.8) is 0 Å². The molecule has 1 heterocycles. The van der Waals surface area contributed by atoms with E-state index in [1.54, 1.807) is 18.4 Å². The first kappa shape index (κ1) is 12.1. The molecule has 0 aliphatic rings. The number of rotatable bonds is 4. The van der Waals surface area contributed by atoms with Crippen molar-refractivity contribution in [2.75, 3.05) is 7.11 Å². The molecule has 2 rings (SSSR count). The summed E-state index contributed by atoms with van der Waals surface area (Å²) in [7, 11) is 1.67. The van der Waals surface area contributed by atoms with E-state index >= 15 is 0 Å². The standard InChI is InChI=1S/C13H16N2OS/c1-9-15-8-13(17-9)12(14)7-10-3-5-11(16-2)6-4-10/h3-6,8,12H,7,14H2,1-2H3. The van der Waals surface area contributed by atoms with Gasteiger partial charge >= 0.3 is 0 Å². The summed E-state index contributed by atoms with van der Waals surface area (Å²) in [5, 5.41) is 1.06. The zero-order valence-electron chi connectivity index (χ0n) is 10.0. The highest BCUT2D eigenvalue weighted by atomic mass is 32.1. The third kappa shape index (κ3) is 3.05. The van der Waals surface area contributed by atoms with Gasteiger partial charge in [0.15, 0.2) is 0 Å². The average Bonchev–Trinajstić information content (AvgIpc) is 2.77. The van der Waals surface area contributed by atoms with Crippen LogP contribution in [0.2, 0.25) is 0 Å². The second-order valence-corrected chi connectivity index (χ2v) is 5.21. The Morgan fingerprint density at radius 3 is 2.59 bits per heavy atom. The van der Waals surface area contributed by atoms with E-state index in [1.807, 2.05) is 37.4 Å². The average molecular weight is 248 g/mol. The van der Waals surface area contributed by atoms with Crippen LogP contribution >= 0.6 is 11.3 Å². The summed E-state index contributed by atoms with van der Waals surface area (Å²) in [6.45, 7) is 1.99. The lowest BCUT2D eigenvalue weighted by molar-refractivity contribution is 0.414. The molecule has 1 atom stereocenters. The monoisotopic (exact) mass is 248 g/mol. The summed E-state index contributed by atoms with van der Waals surface area (Å²) < 4.78 is 5.12. The van der Waals surface area contributed by atoms with Crippen LogP contribution in [0.15, 0.2) is 30.5 Å². The lowest BCUT2D eigenvalue weighted by atomic mass is 10.1. The Bertz CT molecular complexity index is 478. The molecule has 0 saturated heterocycles. The van der Waals surface area contributed by atoms with E-state index in [4.69, 9.17) is 10.5 Å². The fraction of sp³-hybridized carbons (Fsp3) is 0.308. The molecule has 0 aliphatic heterocycles. The number of hydrogen-bond acceptors (Lipinski definition) is 4. The van der Waals surface area contributed by atoms with Crippen LogP contribution in [0.3, 0.4) is 0 Å². The quantitative estimate of drug-likeness (QED) is 0.905. The Hall–Kier alpha value is -1.39. The maximum atomic E-state index is 6.15. The highest BCUT2D eigenvalue weighted by Crippen LogP contribution is 2.22. The van der Waals surface area contributed by atoms with Gasteiger partial charge in [-0.1, -0.05) is 12.1 Å². The molecular weight excluding hydrogens is 232 g/mol. The zero-order chi connectivity index (χ0) is 12.3. The Balaban J connectivity index is 2.04. The molecule has 1 unspecified atom stereocenters. The van der Waals surface area contributed by atoms with Gasteiger partial charge in [-0.2, -0.15) is 0 Å². The topological polar surface area (TPSA) is 48.1 Å². The van der Waals surface area contributed by atoms with Crippen LogP contribution in [0, 0.1) is 6.92 Å². The van der Waals surface area contributed by atoms with Gasteiger partial charge in [0.1, 0.15) is 5.75 Å². The predicted octanol–water partition coefficient (Wildman–Crippen LogP) is 2.70. The lowest BCUT2D eigenvalue weighted by Gasteiger charge is -2.09. The number of nitrogens with two attached hydrogens (primary N) is 1. The molecule has 1 aromatic carbocycles. The van der Waals surface area contributed by atoms with E-state index < -0.39 is 0 Å². The molecule has 1 aromatic heterocycles. The predicted molar refractivity (Wildman–Crippen MR) is 70.5 cm³/mol. The molecular formula is C13H16N2OS. The molecule has 0 aliphatic carbocycles. The summed E-state index contributed by atoms with van der Waals surface area (Å²) in [6, 6.07) is 8.04. The van der Waals surface area contributed by atoms with Crippen LogP contribution in [0.5, 0.6) is 5.75 Å². The smallest absolute Gasteiger partial charge is 0.118 e. The first-order valence-electron chi connectivity index (χ1n) is 5.50. The fourth-order valence-electron chi connectivity index (χ4n) is 1.67. The highest BCUT2D eigenvalue weighted by molar-refractivity contribution is 7.11. The molecule has 90 valence electrons. The number of ether oxygens (including phenoxy) is 1. The van der Waals surface area contributed by atoms with E-state index in [9.17, 15) is 0 Å². The Labute approximate surface area is 105 Å². The molecule has 0 radical (unpaired) electrons. The first-order valence-corrected chi connectivity index (χ1v) is 6.31. The second-order valence-electron chi connectivity index (χ2n) is 3.94. The molecule has 0 saturated carbocycles. The van der Waals surface area contributed by atoms with Crippen molar-refractivity contribution in [2.24, 2.45) is 5.73 Å². The van der Waals surface area contributed by atoms with Crippen molar-refractivity contribution in [2.45, 2.75) is 19.4 Å². The normalized spacial score (nSPS) is 12.4. The van der Waals surface area contributed by atoms with Gasteiger partial charge in [-0.15, -0.1) is 11.3 Å². The van der Waals surface area contributed by atoms with E-state index in [2.05, 4.69) is 4.98 Å². The van der Waals surface area contributed by atoms with Crippen LogP contribution in [-0.2, 0) is 6.42 Å². The van der Waals surface area contributed by atoms with Gasteiger partial charge in [0.05, 0.1) is 12.1 Å².